The van der Waals surface area contributed by atoms with Crippen molar-refractivity contribution in [2.24, 2.45) is 0 Å². The number of hydrogen-bond acceptors (Lipinski definition) is 6. The molecule has 42 heavy (non-hydrogen) atoms. The Balaban J connectivity index is 1.23. The first-order valence-corrected chi connectivity index (χ1v) is 15.6. The molecule has 0 aromatic heterocycles. The third-order valence-electron chi connectivity index (χ3n) is 9.39. The number of morpholine rings is 1. The molecule has 0 spiro atoms. The summed E-state index contributed by atoms with van der Waals surface area (Å²) in [5.41, 5.74) is 4.53. The van der Waals surface area contributed by atoms with Crippen LogP contribution in [0.4, 0.5) is 4.39 Å². The SMILES string of the molecule is CN(C)CC[C@@H]1COCCN1C1CN(CC[C@H](CN(C)C(=O)c2cc(C#N)cc3c2CCCC3)c2ccc(F)cc2)C1. The summed E-state index contributed by atoms with van der Waals surface area (Å²) in [6, 6.07) is 13.8. The highest BCUT2D eigenvalue weighted by Crippen LogP contribution is 2.29. The van der Waals surface area contributed by atoms with Gasteiger partial charge in [0.1, 0.15) is 5.82 Å². The zero-order chi connectivity index (χ0) is 29.6. The van der Waals surface area contributed by atoms with E-state index in [2.05, 4.69) is 34.9 Å². The van der Waals surface area contributed by atoms with E-state index in [4.69, 9.17) is 4.74 Å². The van der Waals surface area contributed by atoms with Crippen molar-refractivity contribution in [2.45, 2.75) is 56.5 Å². The van der Waals surface area contributed by atoms with Crippen LogP contribution >= 0.6 is 0 Å². The van der Waals surface area contributed by atoms with Crippen molar-refractivity contribution in [3.8, 4) is 6.07 Å². The van der Waals surface area contributed by atoms with Gasteiger partial charge in [-0.15, -0.1) is 0 Å². The fourth-order valence-electron chi connectivity index (χ4n) is 6.92. The van der Waals surface area contributed by atoms with Gasteiger partial charge in [-0.1, -0.05) is 12.1 Å². The average molecular weight is 576 g/mol. The Morgan fingerprint density at radius 3 is 2.64 bits per heavy atom. The Bertz CT molecular complexity index is 1250. The summed E-state index contributed by atoms with van der Waals surface area (Å²) >= 11 is 0. The molecule has 2 aliphatic heterocycles. The van der Waals surface area contributed by atoms with Gasteiger partial charge in [-0.2, -0.15) is 5.26 Å². The highest BCUT2D eigenvalue weighted by Gasteiger charge is 2.37. The molecule has 2 atom stereocenters. The van der Waals surface area contributed by atoms with E-state index in [0.717, 1.165) is 101 Å². The molecule has 1 aliphatic carbocycles. The van der Waals surface area contributed by atoms with Crippen molar-refractivity contribution in [3.63, 3.8) is 0 Å². The van der Waals surface area contributed by atoms with Gasteiger partial charge in [-0.3, -0.25) is 9.69 Å². The van der Waals surface area contributed by atoms with Crippen LogP contribution in [0, 0.1) is 17.1 Å². The van der Waals surface area contributed by atoms with Crippen LogP contribution in [-0.4, -0.2) is 111 Å². The molecule has 2 fully saturated rings. The van der Waals surface area contributed by atoms with Crippen LogP contribution < -0.4 is 0 Å². The Morgan fingerprint density at radius 2 is 1.90 bits per heavy atom. The molecule has 0 N–H and O–H groups in total. The molecule has 0 radical (unpaired) electrons. The predicted molar refractivity (Wildman–Crippen MR) is 163 cm³/mol. The van der Waals surface area contributed by atoms with E-state index in [1.807, 2.05) is 25.2 Å². The molecule has 2 aromatic carbocycles. The highest BCUT2D eigenvalue weighted by atomic mass is 19.1. The predicted octanol–water partition coefficient (Wildman–Crippen LogP) is 4.16. The summed E-state index contributed by atoms with van der Waals surface area (Å²) in [5, 5.41) is 9.59. The first kappa shape index (κ1) is 30.6. The first-order chi connectivity index (χ1) is 20.3. The van der Waals surface area contributed by atoms with Crippen LogP contribution in [0.5, 0.6) is 0 Å². The number of amides is 1. The molecule has 2 aromatic rings. The second kappa shape index (κ2) is 14.1. The zero-order valence-electron chi connectivity index (χ0n) is 25.5. The van der Waals surface area contributed by atoms with E-state index >= 15 is 0 Å². The van der Waals surface area contributed by atoms with Crippen LogP contribution in [0.25, 0.3) is 0 Å². The van der Waals surface area contributed by atoms with Gasteiger partial charge in [0.25, 0.3) is 5.91 Å². The number of likely N-dealkylation sites (N-methyl/N-ethyl adjacent to an activating group) is 1. The molecule has 0 unspecified atom stereocenters. The third-order valence-corrected chi connectivity index (χ3v) is 9.39. The number of fused-ring (bicyclic) bond motifs is 1. The summed E-state index contributed by atoms with van der Waals surface area (Å²) in [4.78, 5) is 23.0. The number of likely N-dealkylation sites (tertiary alicyclic amines) is 1. The number of benzene rings is 2. The van der Waals surface area contributed by atoms with Crippen LogP contribution in [0.15, 0.2) is 36.4 Å². The number of carbonyl (C=O) groups is 1. The van der Waals surface area contributed by atoms with E-state index in [9.17, 15) is 14.4 Å². The number of aryl methyl sites for hydroxylation is 1. The van der Waals surface area contributed by atoms with Crippen LogP contribution in [0.3, 0.4) is 0 Å². The standard InChI is InChI=1S/C34H46FN5O2/c1-37(2)14-13-30-24-42-17-16-40(30)31-22-39(23-31)15-12-28(26-8-10-29(35)11-9-26)21-38(3)34(41)33-19-25(20-36)18-27-6-4-5-7-32(27)33/h8-11,18-19,28,30-31H,4-7,12-17,21-24H2,1-3H3/t28-,30-/m1/s1. The maximum atomic E-state index is 13.8. The lowest BCUT2D eigenvalue weighted by Crippen LogP contribution is -2.64. The summed E-state index contributed by atoms with van der Waals surface area (Å²) in [6.07, 6.45) is 5.98. The normalized spacial score (nSPS) is 20.5. The van der Waals surface area contributed by atoms with Crippen LogP contribution in [0.2, 0.25) is 0 Å². The zero-order valence-corrected chi connectivity index (χ0v) is 25.5. The smallest absolute Gasteiger partial charge is 0.253 e. The van der Waals surface area contributed by atoms with Gasteiger partial charge in [-0.25, -0.2) is 4.39 Å². The van der Waals surface area contributed by atoms with Gasteiger partial charge in [0.05, 0.1) is 24.8 Å². The van der Waals surface area contributed by atoms with Gasteiger partial charge in [0.15, 0.2) is 0 Å². The topological polar surface area (TPSA) is 63.1 Å². The Hall–Kier alpha value is -2.83. The summed E-state index contributed by atoms with van der Waals surface area (Å²) in [7, 11) is 6.11. The third kappa shape index (κ3) is 7.38. The number of nitriles is 1. The Morgan fingerprint density at radius 1 is 1.14 bits per heavy atom. The minimum atomic E-state index is -0.248. The van der Waals surface area contributed by atoms with Crippen LogP contribution in [0.1, 0.15) is 64.2 Å². The highest BCUT2D eigenvalue weighted by molar-refractivity contribution is 5.96. The van der Waals surface area contributed by atoms with E-state index in [1.165, 1.54) is 12.1 Å². The molecule has 7 nitrogen and oxygen atoms in total. The van der Waals surface area contributed by atoms with E-state index in [0.29, 0.717) is 29.8 Å². The van der Waals surface area contributed by atoms with Gasteiger partial charge in [-0.05, 0) is 107 Å². The lowest BCUT2D eigenvalue weighted by atomic mass is 9.86. The lowest BCUT2D eigenvalue weighted by Gasteiger charge is -2.50. The van der Waals surface area contributed by atoms with Crippen molar-refractivity contribution < 1.29 is 13.9 Å². The fraction of sp³-hybridized carbons (Fsp3) is 0.588. The van der Waals surface area contributed by atoms with Gasteiger partial charge in [0.2, 0.25) is 0 Å². The fourth-order valence-corrected chi connectivity index (χ4v) is 6.92. The molecule has 2 saturated heterocycles. The minimum Gasteiger partial charge on any atom is -0.378 e. The van der Waals surface area contributed by atoms with Crippen molar-refractivity contribution in [1.82, 2.24) is 19.6 Å². The number of rotatable bonds is 11. The maximum Gasteiger partial charge on any atom is 0.253 e. The number of hydrogen-bond donors (Lipinski definition) is 0. The van der Waals surface area contributed by atoms with Gasteiger partial charge >= 0.3 is 0 Å². The molecule has 0 bridgehead atoms. The molecule has 3 aliphatic rings. The molecular weight excluding hydrogens is 529 g/mol. The number of carbonyl (C=O) groups excluding carboxylic acids is 1. The van der Waals surface area contributed by atoms with Crippen molar-refractivity contribution >= 4 is 5.91 Å². The average Bonchev–Trinajstić information content (AvgIpc) is 2.98. The Kier molecular flexibility index (Phi) is 10.3. The van der Waals surface area contributed by atoms with E-state index in [-0.39, 0.29) is 17.6 Å². The van der Waals surface area contributed by atoms with E-state index in [1.54, 1.807) is 11.0 Å². The molecule has 8 heteroatoms. The minimum absolute atomic E-state index is 0.0301. The van der Waals surface area contributed by atoms with E-state index < -0.39 is 0 Å². The molecule has 226 valence electrons. The summed E-state index contributed by atoms with van der Waals surface area (Å²) in [5.74, 6) is -0.191. The second-order valence-corrected chi connectivity index (χ2v) is 12.7. The molecular formula is C34H46FN5O2. The molecule has 2 heterocycles. The molecule has 0 saturated carbocycles. The number of ether oxygens (including phenoxy) is 1. The lowest BCUT2D eigenvalue weighted by molar-refractivity contribution is -0.0718. The first-order valence-electron chi connectivity index (χ1n) is 15.6. The largest absolute Gasteiger partial charge is 0.378 e. The number of nitrogens with zero attached hydrogens (tertiary/aromatic N) is 5. The van der Waals surface area contributed by atoms with Crippen molar-refractivity contribution in [1.29, 1.82) is 5.26 Å². The van der Waals surface area contributed by atoms with Crippen LogP contribution in [-0.2, 0) is 17.6 Å². The Labute approximate surface area is 250 Å². The molecule has 5 rings (SSSR count). The maximum absolute atomic E-state index is 13.8. The van der Waals surface area contributed by atoms with Gasteiger partial charge in [0, 0.05) is 56.8 Å². The summed E-state index contributed by atoms with van der Waals surface area (Å²) < 4.78 is 19.6. The van der Waals surface area contributed by atoms with Crippen molar-refractivity contribution in [2.75, 3.05) is 73.6 Å². The number of halogens is 1. The quantitative estimate of drug-likeness (QED) is 0.401. The monoisotopic (exact) mass is 575 g/mol. The molecule has 1 amide bonds. The second-order valence-electron chi connectivity index (χ2n) is 12.7. The summed E-state index contributed by atoms with van der Waals surface area (Å²) in [6.45, 7) is 7.28. The van der Waals surface area contributed by atoms with Crippen molar-refractivity contribution in [3.05, 3.63) is 70.0 Å². The van der Waals surface area contributed by atoms with Gasteiger partial charge < -0.3 is 19.4 Å².